The van der Waals surface area contributed by atoms with E-state index in [0.29, 0.717) is 28.0 Å². The van der Waals surface area contributed by atoms with E-state index in [4.69, 9.17) is 21.3 Å². The van der Waals surface area contributed by atoms with Gasteiger partial charge in [-0.2, -0.15) is 5.10 Å². The zero-order chi connectivity index (χ0) is 33.8. The first-order valence-electron chi connectivity index (χ1n) is 16.0. The van der Waals surface area contributed by atoms with Crippen LogP contribution in [0.1, 0.15) is 52.3 Å². The van der Waals surface area contributed by atoms with Crippen LogP contribution in [0.15, 0.2) is 77.6 Å². The molecule has 6 rings (SSSR count). The molecule has 0 unspecified atom stereocenters. The number of allylic oxidation sites excluding steroid dienone is 3. The van der Waals surface area contributed by atoms with Crippen LogP contribution in [0.3, 0.4) is 0 Å². The Morgan fingerprint density at radius 2 is 2.00 bits per heavy atom. The molecule has 3 heterocycles. The number of H-pyrrole nitrogens is 1. The molecule has 2 aromatic heterocycles. The number of ether oxygens (including phenoxy) is 1. The molecule has 11 heteroatoms. The number of nitrogens with one attached hydrogen (secondary N) is 2. The molecule has 1 aliphatic heterocycles. The van der Waals surface area contributed by atoms with Crippen molar-refractivity contribution in [2.75, 3.05) is 18.4 Å². The highest BCUT2D eigenvalue weighted by Crippen LogP contribution is 2.26. The number of piperidine rings is 1. The quantitative estimate of drug-likeness (QED) is 0.0844. The first-order chi connectivity index (χ1) is 23.2. The largest absolute Gasteiger partial charge is 0.473 e. The lowest BCUT2D eigenvalue weighted by Crippen LogP contribution is -2.33. The van der Waals surface area contributed by atoms with Gasteiger partial charge in [0.15, 0.2) is 0 Å². The third kappa shape index (κ3) is 7.50. The number of halogens is 2. The van der Waals surface area contributed by atoms with E-state index in [0.717, 1.165) is 83.6 Å². The Hall–Kier alpha value is -4.80. The van der Waals surface area contributed by atoms with Crippen LogP contribution in [0.5, 0.6) is 0 Å². The molecular formula is C37H39ClFN7O2. The number of hydrogen-bond acceptors (Lipinski definition) is 6. The van der Waals surface area contributed by atoms with Gasteiger partial charge in [0.05, 0.1) is 23.1 Å². The minimum Gasteiger partial charge on any atom is -0.473 e. The molecule has 48 heavy (non-hydrogen) atoms. The predicted molar refractivity (Wildman–Crippen MR) is 190 cm³/mol. The number of fused-ring (bicyclic) bond motifs is 2. The van der Waals surface area contributed by atoms with Gasteiger partial charge in [-0.1, -0.05) is 29.8 Å². The molecule has 5 aromatic rings. The van der Waals surface area contributed by atoms with Crippen molar-refractivity contribution in [2.45, 2.75) is 46.3 Å². The van der Waals surface area contributed by atoms with E-state index >= 15 is 0 Å². The number of carbonyl (C=O) groups is 1. The van der Waals surface area contributed by atoms with Crippen molar-refractivity contribution < 1.29 is 13.9 Å². The van der Waals surface area contributed by atoms with Gasteiger partial charge in [0.1, 0.15) is 18.2 Å². The highest BCUT2D eigenvalue weighted by Gasteiger charge is 2.21. The number of aryl methyl sites for hydroxylation is 3. The summed E-state index contributed by atoms with van der Waals surface area (Å²) < 4.78 is 21.7. The molecule has 2 N–H and O–H groups in total. The maximum absolute atomic E-state index is 14.0. The Balaban J connectivity index is 1.00. The average molecular weight is 668 g/mol. The maximum Gasteiger partial charge on any atom is 0.255 e. The van der Waals surface area contributed by atoms with Gasteiger partial charge in [0.2, 0.25) is 5.88 Å². The summed E-state index contributed by atoms with van der Waals surface area (Å²) in [6.45, 7) is 10.3. The van der Waals surface area contributed by atoms with E-state index in [9.17, 15) is 9.18 Å². The normalized spacial score (nSPS) is 14.7. The van der Waals surface area contributed by atoms with Crippen LogP contribution in [-0.4, -0.2) is 50.4 Å². The van der Waals surface area contributed by atoms with Crippen LogP contribution in [0.25, 0.3) is 21.9 Å². The molecular weight excluding hydrogens is 629 g/mol. The number of imidazole rings is 1. The third-order valence-corrected chi connectivity index (χ3v) is 9.23. The van der Waals surface area contributed by atoms with E-state index < -0.39 is 5.82 Å². The molecule has 9 nitrogen and oxygen atoms in total. The number of rotatable bonds is 11. The minimum absolute atomic E-state index is 0.0476. The number of carbonyl (C=O) groups excluding carboxylic acids is 1. The Labute approximate surface area is 284 Å². The molecule has 0 saturated carbocycles. The monoisotopic (exact) mass is 667 g/mol. The fraction of sp³-hybridized carbons (Fsp3) is 0.297. The summed E-state index contributed by atoms with van der Waals surface area (Å²) in [5.41, 5.74) is 6.39. The van der Waals surface area contributed by atoms with Gasteiger partial charge in [-0.05, 0) is 113 Å². The third-order valence-electron chi connectivity index (χ3n) is 9.00. The molecule has 248 valence electrons. The zero-order valence-corrected chi connectivity index (χ0v) is 28.1. The van der Waals surface area contributed by atoms with Crippen molar-refractivity contribution in [2.24, 2.45) is 18.0 Å². The fourth-order valence-corrected chi connectivity index (χ4v) is 6.32. The highest BCUT2D eigenvalue weighted by molar-refractivity contribution is 6.30. The van der Waals surface area contributed by atoms with E-state index in [1.807, 2.05) is 57.3 Å². The van der Waals surface area contributed by atoms with Gasteiger partial charge >= 0.3 is 0 Å². The Morgan fingerprint density at radius 1 is 1.19 bits per heavy atom. The Bertz CT molecular complexity index is 2040. The van der Waals surface area contributed by atoms with Gasteiger partial charge in [0.25, 0.3) is 5.91 Å². The van der Waals surface area contributed by atoms with Crippen molar-refractivity contribution in [3.63, 3.8) is 0 Å². The molecule has 3 aromatic carbocycles. The number of aromatic nitrogens is 4. The number of benzene rings is 3. The number of aromatic amines is 1. The molecule has 0 radical (unpaired) electrons. The van der Waals surface area contributed by atoms with Crippen LogP contribution < -0.4 is 5.32 Å². The molecule has 1 aliphatic rings. The summed E-state index contributed by atoms with van der Waals surface area (Å²) in [7, 11) is 2.03. The second-order valence-electron chi connectivity index (χ2n) is 12.4. The van der Waals surface area contributed by atoms with Gasteiger partial charge in [0, 0.05) is 40.0 Å². The lowest BCUT2D eigenvalue weighted by atomic mass is 9.93. The Morgan fingerprint density at radius 3 is 2.77 bits per heavy atom. The fourth-order valence-electron chi connectivity index (χ4n) is 6.16. The molecule has 0 bridgehead atoms. The van der Waals surface area contributed by atoms with E-state index in [2.05, 4.69) is 42.8 Å². The van der Waals surface area contributed by atoms with Crippen molar-refractivity contribution in [1.29, 1.82) is 0 Å². The summed E-state index contributed by atoms with van der Waals surface area (Å²) >= 11 is 5.82. The number of hydrogen-bond donors (Lipinski definition) is 2. The highest BCUT2D eigenvalue weighted by atomic mass is 35.5. The van der Waals surface area contributed by atoms with Gasteiger partial charge in [-0.3, -0.25) is 14.8 Å². The predicted octanol–water partition coefficient (Wildman–Crippen LogP) is 8.03. The number of aliphatic imine (C=N–C) groups is 1. The molecule has 0 spiro atoms. The van der Waals surface area contributed by atoms with Crippen LogP contribution in [0.2, 0.25) is 5.02 Å². The van der Waals surface area contributed by atoms with Crippen LogP contribution in [0, 0.1) is 25.6 Å². The summed E-state index contributed by atoms with van der Waals surface area (Å²) in [4.78, 5) is 24.5. The van der Waals surface area contributed by atoms with Crippen LogP contribution in [-0.2, 0) is 24.9 Å². The summed E-state index contributed by atoms with van der Waals surface area (Å²) in [6.07, 6.45) is 8.92. The lowest BCUT2D eigenvalue weighted by molar-refractivity contribution is 0.102. The molecule has 0 atom stereocenters. The van der Waals surface area contributed by atoms with E-state index in [1.54, 1.807) is 18.2 Å². The van der Waals surface area contributed by atoms with Crippen molar-refractivity contribution in [3.05, 3.63) is 112 Å². The second kappa shape index (κ2) is 14.5. The smallest absolute Gasteiger partial charge is 0.255 e. The second-order valence-corrected chi connectivity index (χ2v) is 12.8. The molecule has 1 amide bonds. The first-order valence-corrected chi connectivity index (χ1v) is 16.4. The number of amides is 1. The lowest BCUT2D eigenvalue weighted by Gasteiger charge is -2.31. The number of nitrogens with zero attached hydrogens (tertiary/aromatic N) is 5. The summed E-state index contributed by atoms with van der Waals surface area (Å²) in [5.74, 6) is 1.31. The standard InChI is InChI=1S/C37H39ClFN7O2/c1-23-17-29(20-30-24(2)43-44-36(23)30)41-37(47)26-10-12-33-32(18-26)42-34(45(33)4)21-46-15-13-25(14-16-46)7-5-6-8-35(40-3)48-22-27-9-11-28(38)19-31(27)39/h5-6,8-12,17-20,25H,3,7,13-16,21-22H2,1-2,4H3,(H,41,47)(H,43,44)/b6-5-,35-8+. The topological polar surface area (TPSA) is 100 Å². The first kappa shape index (κ1) is 33.1. The number of anilines is 1. The van der Waals surface area contributed by atoms with Crippen LogP contribution >= 0.6 is 11.6 Å². The van der Waals surface area contributed by atoms with Gasteiger partial charge in [-0.15, -0.1) is 0 Å². The number of likely N-dealkylation sites (tertiary alicyclic amines) is 1. The average Bonchev–Trinajstić information content (AvgIpc) is 3.60. The maximum atomic E-state index is 14.0. The van der Waals surface area contributed by atoms with Crippen molar-refractivity contribution >= 4 is 51.8 Å². The van der Waals surface area contributed by atoms with E-state index in [1.165, 1.54) is 6.07 Å². The van der Waals surface area contributed by atoms with Crippen LogP contribution in [0.4, 0.5) is 10.1 Å². The van der Waals surface area contributed by atoms with Crippen molar-refractivity contribution in [1.82, 2.24) is 24.6 Å². The van der Waals surface area contributed by atoms with Crippen molar-refractivity contribution in [3.8, 4) is 0 Å². The summed E-state index contributed by atoms with van der Waals surface area (Å²) in [5, 5.41) is 11.8. The molecule has 0 aliphatic carbocycles. The van der Waals surface area contributed by atoms with Gasteiger partial charge in [-0.25, -0.2) is 14.4 Å². The molecule has 1 fully saturated rings. The van der Waals surface area contributed by atoms with E-state index in [-0.39, 0.29) is 12.5 Å². The van der Waals surface area contributed by atoms with Gasteiger partial charge < -0.3 is 14.6 Å². The molecule has 1 saturated heterocycles. The minimum atomic E-state index is -0.413. The summed E-state index contributed by atoms with van der Waals surface area (Å²) in [6, 6.07) is 14.1. The SMILES string of the molecule is C=N/C(=C\C=C/CC1CCN(Cc2nc3cc(C(=O)Nc4cc(C)c5n[nH]c(C)c5c4)ccc3n2C)CC1)OCc1ccc(Cl)cc1F. The Kier molecular flexibility index (Phi) is 10.0. The zero-order valence-electron chi connectivity index (χ0n) is 27.4.